The first-order chi connectivity index (χ1) is 4.92. The summed E-state index contributed by atoms with van der Waals surface area (Å²) >= 11 is 2.14. The Morgan fingerprint density at radius 2 is 2.00 bits per heavy atom. The van der Waals surface area contributed by atoms with Crippen molar-refractivity contribution < 1.29 is 8.78 Å². The van der Waals surface area contributed by atoms with Crippen LogP contribution in [0.1, 0.15) is 26.7 Å². The second kappa shape index (κ2) is 4.71. The van der Waals surface area contributed by atoms with Gasteiger partial charge in [-0.15, -0.1) is 0 Å². The summed E-state index contributed by atoms with van der Waals surface area (Å²) in [5.41, 5.74) is 0. The molecule has 0 spiro atoms. The van der Waals surface area contributed by atoms with Gasteiger partial charge in [-0.2, -0.15) is 8.78 Å². The second-order valence-corrected chi connectivity index (χ2v) is 3.73. The number of rotatable bonds is 2. The monoisotopic (exact) mass is 224 g/mol. The molecule has 0 aromatic carbocycles. The van der Waals surface area contributed by atoms with E-state index in [0.29, 0.717) is 12.3 Å². The van der Waals surface area contributed by atoms with E-state index in [1.165, 1.54) is 0 Å². The Morgan fingerprint density at radius 3 is 2.36 bits per heavy atom. The highest BCUT2D eigenvalue weighted by molar-refractivity contribution is 9.10. The van der Waals surface area contributed by atoms with Gasteiger partial charge in [0, 0.05) is 22.4 Å². The van der Waals surface area contributed by atoms with Crippen molar-refractivity contribution in [2.45, 2.75) is 31.5 Å². The van der Waals surface area contributed by atoms with E-state index < -0.39 is 4.83 Å². The molecule has 0 aromatic heterocycles. The van der Waals surface area contributed by atoms with Crippen LogP contribution in [-0.4, -0.2) is 4.83 Å². The van der Waals surface area contributed by atoms with Crippen LogP contribution in [0.15, 0.2) is 0 Å². The van der Waals surface area contributed by atoms with Crippen LogP contribution >= 0.6 is 15.9 Å². The largest absolute Gasteiger partial charge is 0.363 e. The molecule has 0 atom stereocenters. The lowest BCUT2D eigenvalue weighted by Crippen LogP contribution is -1.98. The van der Waals surface area contributed by atoms with Crippen molar-refractivity contribution >= 4 is 15.9 Å². The highest BCUT2D eigenvalue weighted by Crippen LogP contribution is 2.19. The van der Waals surface area contributed by atoms with Crippen molar-refractivity contribution in [3.8, 4) is 11.8 Å². The van der Waals surface area contributed by atoms with Gasteiger partial charge >= 0.3 is 4.83 Å². The number of hydrogen-bond acceptors (Lipinski definition) is 0. The average Bonchev–Trinajstić information content (AvgIpc) is 1.78. The first-order valence-corrected chi connectivity index (χ1v) is 4.28. The van der Waals surface area contributed by atoms with Crippen LogP contribution in [-0.2, 0) is 0 Å². The summed E-state index contributed by atoms with van der Waals surface area (Å²) in [5.74, 6) is 4.74. The zero-order chi connectivity index (χ0) is 8.91. The zero-order valence-corrected chi connectivity index (χ0v) is 8.21. The lowest BCUT2D eigenvalue weighted by Gasteiger charge is -1.98. The Hall–Kier alpha value is -0.100. The van der Waals surface area contributed by atoms with E-state index in [9.17, 15) is 8.78 Å². The molecule has 0 radical (unpaired) electrons. The van der Waals surface area contributed by atoms with Crippen molar-refractivity contribution in [3.63, 3.8) is 0 Å². The number of hydrogen-bond donors (Lipinski definition) is 0. The SMILES string of the molecule is CC(C)CCC#CC(F)(F)Br. The second-order valence-electron chi connectivity index (χ2n) is 2.73. The van der Waals surface area contributed by atoms with Crippen LogP contribution in [0.4, 0.5) is 8.78 Å². The van der Waals surface area contributed by atoms with Gasteiger partial charge in [0.15, 0.2) is 0 Å². The predicted octanol–water partition coefficient (Wildman–Crippen LogP) is 3.41. The molecule has 0 heterocycles. The van der Waals surface area contributed by atoms with Gasteiger partial charge < -0.3 is 0 Å². The minimum absolute atomic E-state index is 0.522. The van der Waals surface area contributed by atoms with E-state index >= 15 is 0 Å². The standard InChI is InChI=1S/C8H11BrF2/c1-7(2)5-3-4-6-8(9,10)11/h7H,3,5H2,1-2H3. The van der Waals surface area contributed by atoms with Gasteiger partial charge in [0.1, 0.15) is 0 Å². The third-order valence-electron chi connectivity index (χ3n) is 1.08. The Kier molecular flexibility index (Phi) is 4.67. The quantitative estimate of drug-likeness (QED) is 0.499. The van der Waals surface area contributed by atoms with Crippen molar-refractivity contribution in [1.82, 2.24) is 0 Å². The van der Waals surface area contributed by atoms with Gasteiger partial charge in [-0.3, -0.25) is 0 Å². The number of halogens is 3. The van der Waals surface area contributed by atoms with E-state index in [1.54, 1.807) is 0 Å². The fourth-order valence-corrected chi connectivity index (χ4v) is 0.664. The molecule has 11 heavy (non-hydrogen) atoms. The molecular weight excluding hydrogens is 214 g/mol. The van der Waals surface area contributed by atoms with Crippen LogP contribution in [0, 0.1) is 17.8 Å². The smallest absolute Gasteiger partial charge is 0.180 e. The molecule has 0 amide bonds. The lowest BCUT2D eigenvalue weighted by atomic mass is 10.1. The normalized spacial score (nSPS) is 11.1. The molecule has 0 N–H and O–H groups in total. The van der Waals surface area contributed by atoms with E-state index in [0.717, 1.165) is 6.42 Å². The first-order valence-electron chi connectivity index (χ1n) is 3.48. The molecule has 3 heteroatoms. The molecule has 0 aliphatic carbocycles. The van der Waals surface area contributed by atoms with E-state index in [1.807, 2.05) is 19.8 Å². The van der Waals surface area contributed by atoms with Crippen LogP contribution in [0.3, 0.4) is 0 Å². The summed E-state index contributed by atoms with van der Waals surface area (Å²) in [4.78, 5) is -3.01. The number of alkyl halides is 3. The van der Waals surface area contributed by atoms with E-state index in [2.05, 4.69) is 21.9 Å². The molecule has 0 unspecified atom stereocenters. The average molecular weight is 225 g/mol. The van der Waals surface area contributed by atoms with Crippen LogP contribution in [0.5, 0.6) is 0 Å². The van der Waals surface area contributed by atoms with Gasteiger partial charge in [0.05, 0.1) is 0 Å². The van der Waals surface area contributed by atoms with Crippen molar-refractivity contribution in [2.75, 3.05) is 0 Å². The van der Waals surface area contributed by atoms with Crippen molar-refractivity contribution in [1.29, 1.82) is 0 Å². The van der Waals surface area contributed by atoms with Gasteiger partial charge in [0.2, 0.25) is 0 Å². The topological polar surface area (TPSA) is 0 Å². The van der Waals surface area contributed by atoms with Crippen LogP contribution in [0.25, 0.3) is 0 Å². The van der Waals surface area contributed by atoms with Crippen LogP contribution < -0.4 is 0 Å². The molecule has 0 aliphatic rings. The van der Waals surface area contributed by atoms with Gasteiger partial charge in [-0.05, 0) is 18.3 Å². The Morgan fingerprint density at radius 1 is 1.45 bits per heavy atom. The molecule has 0 fully saturated rings. The maximum Gasteiger partial charge on any atom is 0.363 e. The summed E-state index contributed by atoms with van der Waals surface area (Å²) in [6.45, 7) is 4.07. The summed E-state index contributed by atoms with van der Waals surface area (Å²) in [6, 6.07) is 0. The molecule has 0 rings (SSSR count). The van der Waals surface area contributed by atoms with E-state index in [-0.39, 0.29) is 0 Å². The summed E-state index contributed by atoms with van der Waals surface area (Å²) in [7, 11) is 0. The molecule has 0 aromatic rings. The Labute approximate surface area is 74.5 Å². The molecule has 0 saturated carbocycles. The summed E-state index contributed by atoms with van der Waals surface area (Å²) in [5, 5.41) is 0. The highest BCUT2D eigenvalue weighted by atomic mass is 79.9. The molecule has 0 nitrogen and oxygen atoms in total. The molecule has 0 aliphatic heterocycles. The molecular formula is C8H11BrF2. The minimum Gasteiger partial charge on any atom is -0.180 e. The third kappa shape index (κ3) is 9.90. The first kappa shape index (κ1) is 10.9. The Balaban J connectivity index is 3.57. The molecule has 0 bridgehead atoms. The van der Waals surface area contributed by atoms with Crippen LogP contribution in [0.2, 0.25) is 0 Å². The summed E-state index contributed by atoms with van der Waals surface area (Å²) < 4.78 is 24.0. The maximum atomic E-state index is 12.0. The minimum atomic E-state index is -3.01. The summed E-state index contributed by atoms with van der Waals surface area (Å²) in [6.07, 6.45) is 1.41. The third-order valence-corrected chi connectivity index (χ3v) is 1.28. The zero-order valence-electron chi connectivity index (χ0n) is 6.63. The Bertz CT molecular complexity index is 159. The molecule has 0 saturated heterocycles. The predicted molar refractivity (Wildman–Crippen MR) is 45.7 cm³/mol. The van der Waals surface area contributed by atoms with Gasteiger partial charge in [-0.25, -0.2) is 0 Å². The van der Waals surface area contributed by atoms with Crippen molar-refractivity contribution in [2.24, 2.45) is 5.92 Å². The fraction of sp³-hybridized carbons (Fsp3) is 0.750. The maximum absolute atomic E-state index is 12.0. The molecule has 64 valence electrons. The van der Waals surface area contributed by atoms with Gasteiger partial charge in [0.25, 0.3) is 0 Å². The van der Waals surface area contributed by atoms with E-state index in [4.69, 9.17) is 0 Å². The fourth-order valence-electron chi connectivity index (χ4n) is 0.524. The van der Waals surface area contributed by atoms with Gasteiger partial charge in [-0.1, -0.05) is 19.8 Å². The highest BCUT2D eigenvalue weighted by Gasteiger charge is 2.18. The lowest BCUT2D eigenvalue weighted by molar-refractivity contribution is 0.182. The van der Waals surface area contributed by atoms with Crippen molar-refractivity contribution in [3.05, 3.63) is 0 Å².